The van der Waals surface area contributed by atoms with Crippen LogP contribution in [0.25, 0.3) is 0 Å². The molecule has 0 spiro atoms. The molecule has 0 fully saturated rings. The van der Waals surface area contributed by atoms with E-state index >= 15 is 0 Å². The van der Waals surface area contributed by atoms with Gasteiger partial charge in [-0.15, -0.1) is 0 Å². The summed E-state index contributed by atoms with van der Waals surface area (Å²) in [5.41, 5.74) is 0.289. The summed E-state index contributed by atoms with van der Waals surface area (Å²) in [4.78, 5) is 15.4. The Morgan fingerprint density at radius 3 is 2.79 bits per heavy atom. The molecule has 1 N–H and O–H groups in total. The summed E-state index contributed by atoms with van der Waals surface area (Å²) in [6, 6.07) is 3.87. The second-order valence-electron chi connectivity index (χ2n) is 3.58. The van der Waals surface area contributed by atoms with Gasteiger partial charge in [0, 0.05) is 6.21 Å². The van der Waals surface area contributed by atoms with Gasteiger partial charge in [-0.2, -0.15) is 0 Å². The summed E-state index contributed by atoms with van der Waals surface area (Å²) in [5, 5.41) is 9.32. The molecule has 19 heavy (non-hydrogen) atoms. The molecule has 1 aromatic carbocycles. The first-order valence-corrected chi connectivity index (χ1v) is 5.89. The Morgan fingerprint density at radius 2 is 2.26 bits per heavy atom. The van der Waals surface area contributed by atoms with Crippen molar-refractivity contribution in [2.24, 2.45) is 4.99 Å². The molecule has 0 radical (unpaired) electrons. The van der Waals surface area contributed by atoms with Crippen LogP contribution < -0.4 is 0 Å². The standard InChI is InChI=1S/C13H13ClFNO3/c1-3-19-13(18)10(8(2)17)7-16-9-4-5-12(15)11(14)6-9/h4-7,17H,3H2,1-2H3/b10-8+,16-7?. The fourth-order valence-electron chi connectivity index (χ4n) is 1.21. The van der Waals surface area contributed by atoms with E-state index in [1.165, 1.54) is 19.1 Å². The smallest absolute Gasteiger partial charge is 0.343 e. The van der Waals surface area contributed by atoms with Gasteiger partial charge in [-0.25, -0.2) is 9.18 Å². The Morgan fingerprint density at radius 1 is 1.58 bits per heavy atom. The number of allylic oxidation sites excluding steroid dienone is 1. The number of halogens is 2. The average Bonchev–Trinajstić information content (AvgIpc) is 2.33. The topological polar surface area (TPSA) is 58.9 Å². The number of aliphatic hydroxyl groups is 1. The van der Waals surface area contributed by atoms with Crippen molar-refractivity contribution >= 4 is 29.5 Å². The molecule has 0 saturated carbocycles. The van der Waals surface area contributed by atoms with E-state index in [9.17, 15) is 14.3 Å². The Kier molecular flexibility index (Phi) is 5.51. The van der Waals surface area contributed by atoms with Crippen molar-refractivity contribution < 1.29 is 19.0 Å². The van der Waals surface area contributed by atoms with Crippen molar-refractivity contribution in [3.63, 3.8) is 0 Å². The number of carbonyl (C=O) groups is 1. The predicted octanol–water partition coefficient (Wildman–Crippen LogP) is 3.58. The molecule has 0 aliphatic carbocycles. The fraction of sp³-hybridized carbons (Fsp3) is 0.231. The lowest BCUT2D eigenvalue weighted by molar-refractivity contribution is -0.138. The van der Waals surface area contributed by atoms with E-state index in [1.807, 2.05) is 0 Å². The minimum atomic E-state index is -0.681. The lowest BCUT2D eigenvalue weighted by atomic mass is 10.2. The molecule has 0 aromatic heterocycles. The number of hydrogen-bond donors (Lipinski definition) is 1. The Hall–Kier alpha value is -1.88. The number of ether oxygens (including phenoxy) is 1. The van der Waals surface area contributed by atoms with E-state index in [0.717, 1.165) is 12.3 Å². The molecule has 0 bridgehead atoms. The first-order valence-electron chi connectivity index (χ1n) is 5.51. The van der Waals surface area contributed by atoms with Crippen molar-refractivity contribution in [2.75, 3.05) is 6.61 Å². The highest BCUT2D eigenvalue weighted by molar-refractivity contribution is 6.31. The SMILES string of the molecule is CCOC(=O)/C(C=Nc1ccc(F)c(Cl)c1)=C(\C)O. The van der Waals surface area contributed by atoms with Gasteiger partial charge in [0.25, 0.3) is 0 Å². The van der Waals surface area contributed by atoms with Crippen molar-refractivity contribution in [1.82, 2.24) is 0 Å². The van der Waals surface area contributed by atoms with Gasteiger partial charge in [0.15, 0.2) is 0 Å². The molecule has 0 saturated heterocycles. The van der Waals surface area contributed by atoms with Gasteiger partial charge in [-0.3, -0.25) is 4.99 Å². The number of hydrogen-bond acceptors (Lipinski definition) is 4. The highest BCUT2D eigenvalue weighted by Gasteiger charge is 2.11. The molecule has 4 nitrogen and oxygen atoms in total. The second-order valence-corrected chi connectivity index (χ2v) is 3.98. The van der Waals surface area contributed by atoms with Crippen molar-refractivity contribution in [1.29, 1.82) is 0 Å². The molecule has 1 rings (SSSR count). The molecule has 1 aromatic rings. The van der Waals surface area contributed by atoms with Crippen LogP contribution in [0.2, 0.25) is 5.02 Å². The van der Waals surface area contributed by atoms with Gasteiger partial charge in [-0.05, 0) is 32.0 Å². The van der Waals surface area contributed by atoms with Crippen molar-refractivity contribution in [3.8, 4) is 0 Å². The molecule has 6 heteroatoms. The van der Waals surface area contributed by atoms with E-state index < -0.39 is 11.8 Å². The third kappa shape index (κ3) is 4.37. The molecule has 0 aliphatic heterocycles. The minimum Gasteiger partial charge on any atom is -0.512 e. The second kappa shape index (κ2) is 6.89. The third-order valence-corrected chi connectivity index (χ3v) is 2.42. The average molecular weight is 286 g/mol. The number of carbonyl (C=O) groups excluding carboxylic acids is 1. The van der Waals surface area contributed by atoms with Crippen LogP contribution >= 0.6 is 11.6 Å². The Bertz CT molecular complexity index is 537. The highest BCUT2D eigenvalue weighted by atomic mass is 35.5. The van der Waals surface area contributed by atoms with Crippen molar-refractivity contribution in [3.05, 3.63) is 40.4 Å². The van der Waals surface area contributed by atoms with Crippen LogP contribution in [0.5, 0.6) is 0 Å². The van der Waals surface area contributed by atoms with E-state index in [1.54, 1.807) is 6.92 Å². The fourth-order valence-corrected chi connectivity index (χ4v) is 1.38. The van der Waals surface area contributed by atoms with Crippen molar-refractivity contribution in [2.45, 2.75) is 13.8 Å². The zero-order valence-electron chi connectivity index (χ0n) is 10.5. The first-order chi connectivity index (χ1) is 8.95. The normalized spacial score (nSPS) is 12.4. The largest absolute Gasteiger partial charge is 0.512 e. The lowest BCUT2D eigenvalue weighted by Crippen LogP contribution is -2.10. The van der Waals surface area contributed by atoms with E-state index in [2.05, 4.69) is 4.99 Å². The maximum atomic E-state index is 12.9. The molecular formula is C13H13ClFNO3. The summed E-state index contributed by atoms with van der Waals surface area (Å²) in [6.07, 6.45) is 1.15. The molecule has 0 unspecified atom stereocenters. The molecule has 0 amide bonds. The van der Waals surface area contributed by atoms with E-state index in [0.29, 0.717) is 5.69 Å². The summed E-state index contributed by atoms with van der Waals surface area (Å²) < 4.78 is 17.7. The summed E-state index contributed by atoms with van der Waals surface area (Å²) in [5.74, 6) is -1.45. The molecular weight excluding hydrogens is 273 g/mol. The summed E-state index contributed by atoms with van der Waals surface area (Å²) in [6.45, 7) is 3.18. The Labute approximate surface area is 115 Å². The lowest BCUT2D eigenvalue weighted by Gasteiger charge is -2.03. The van der Waals surface area contributed by atoms with Gasteiger partial charge < -0.3 is 9.84 Å². The number of aliphatic hydroxyl groups excluding tert-OH is 1. The zero-order chi connectivity index (χ0) is 14.4. The van der Waals surface area contributed by atoms with Crippen LogP contribution in [0, 0.1) is 5.82 Å². The monoisotopic (exact) mass is 285 g/mol. The quantitative estimate of drug-likeness (QED) is 0.398. The van der Waals surface area contributed by atoms with Crippen LogP contribution in [0.15, 0.2) is 34.5 Å². The summed E-state index contributed by atoms with van der Waals surface area (Å²) >= 11 is 5.60. The van der Waals surface area contributed by atoms with Gasteiger partial charge in [0.1, 0.15) is 17.1 Å². The van der Waals surface area contributed by atoms with Crippen LogP contribution in [0.3, 0.4) is 0 Å². The van der Waals surface area contributed by atoms with Gasteiger partial charge in [-0.1, -0.05) is 11.6 Å². The molecule has 102 valence electrons. The van der Waals surface area contributed by atoms with Crippen LogP contribution in [0.4, 0.5) is 10.1 Å². The number of esters is 1. The minimum absolute atomic E-state index is 0.0673. The van der Waals surface area contributed by atoms with E-state index in [-0.39, 0.29) is 23.0 Å². The predicted molar refractivity (Wildman–Crippen MR) is 71.5 cm³/mol. The molecule has 0 heterocycles. The summed E-state index contributed by atoms with van der Waals surface area (Å²) in [7, 11) is 0. The van der Waals surface area contributed by atoms with Crippen LogP contribution in [-0.4, -0.2) is 23.9 Å². The number of benzene rings is 1. The Balaban J connectivity index is 2.97. The molecule has 0 atom stereocenters. The van der Waals surface area contributed by atoms with Gasteiger partial charge in [0.05, 0.1) is 17.3 Å². The zero-order valence-corrected chi connectivity index (χ0v) is 11.2. The highest BCUT2D eigenvalue weighted by Crippen LogP contribution is 2.21. The third-order valence-electron chi connectivity index (χ3n) is 2.13. The van der Waals surface area contributed by atoms with E-state index in [4.69, 9.17) is 16.3 Å². The number of aliphatic imine (C=N–C) groups is 1. The molecule has 0 aliphatic rings. The first kappa shape index (κ1) is 15.2. The van der Waals surface area contributed by atoms with Gasteiger partial charge >= 0.3 is 5.97 Å². The number of nitrogens with zero attached hydrogens (tertiary/aromatic N) is 1. The number of rotatable bonds is 4. The van der Waals surface area contributed by atoms with Gasteiger partial charge in [0.2, 0.25) is 0 Å². The maximum absolute atomic E-state index is 12.9. The maximum Gasteiger partial charge on any atom is 0.343 e. The van der Waals surface area contributed by atoms with Crippen LogP contribution in [0.1, 0.15) is 13.8 Å². The van der Waals surface area contributed by atoms with Crippen LogP contribution in [-0.2, 0) is 9.53 Å².